The lowest BCUT2D eigenvalue weighted by Crippen LogP contribution is -2.34. The highest BCUT2D eigenvalue weighted by Gasteiger charge is 2.30. The number of carbonyl (C=O) groups is 4. The molecule has 0 aliphatic carbocycles. The fourth-order valence-corrected chi connectivity index (χ4v) is 3.82. The van der Waals surface area contributed by atoms with Gasteiger partial charge in [0.25, 0.3) is 0 Å². The van der Waals surface area contributed by atoms with Gasteiger partial charge in [0.2, 0.25) is 0 Å². The molecule has 0 radical (unpaired) electrons. The van der Waals surface area contributed by atoms with Gasteiger partial charge in [-0.3, -0.25) is 0 Å². The molecular weight excluding hydrogens is 532 g/mol. The van der Waals surface area contributed by atoms with Gasteiger partial charge < -0.3 is 10.2 Å². The molecule has 0 fully saturated rings. The minimum absolute atomic E-state index is 0.131. The van der Waals surface area contributed by atoms with E-state index in [-0.39, 0.29) is 12.0 Å². The highest BCUT2D eigenvalue weighted by molar-refractivity contribution is 5.96. The SMILES string of the molecule is CC(O)C(=O)OOC(=O)/C(=C\C(=O)OOC(=O)C(O)C(Cc1ccccc1)Cc1ccccc1)Cc1ccccc1. The molecule has 0 saturated heterocycles. The predicted octanol–water partition coefficient (Wildman–Crippen LogP) is 3.00. The summed E-state index contributed by atoms with van der Waals surface area (Å²) in [6.45, 7) is 1.11. The Hall–Kier alpha value is -4.80. The average molecular weight is 563 g/mol. The van der Waals surface area contributed by atoms with Crippen LogP contribution >= 0.6 is 0 Å². The van der Waals surface area contributed by atoms with E-state index in [9.17, 15) is 29.4 Å². The minimum Gasteiger partial charge on any atom is -0.382 e. The van der Waals surface area contributed by atoms with Crippen LogP contribution in [0.25, 0.3) is 0 Å². The van der Waals surface area contributed by atoms with Crippen LogP contribution in [-0.4, -0.2) is 46.3 Å². The lowest BCUT2D eigenvalue weighted by Gasteiger charge is -2.21. The molecule has 2 unspecified atom stereocenters. The van der Waals surface area contributed by atoms with Crippen molar-refractivity contribution in [3.05, 3.63) is 119 Å². The Morgan fingerprint density at radius 3 is 1.61 bits per heavy atom. The quantitative estimate of drug-likeness (QED) is 0.203. The molecule has 0 bridgehead atoms. The second-order valence-corrected chi connectivity index (χ2v) is 9.17. The third-order valence-electron chi connectivity index (χ3n) is 5.91. The maximum atomic E-state index is 12.7. The number of carbonyl (C=O) groups excluding carboxylic acids is 4. The molecule has 0 saturated carbocycles. The molecule has 0 amide bonds. The largest absolute Gasteiger partial charge is 0.384 e. The van der Waals surface area contributed by atoms with E-state index in [1.807, 2.05) is 60.7 Å². The Morgan fingerprint density at radius 1 is 0.659 bits per heavy atom. The van der Waals surface area contributed by atoms with Gasteiger partial charge in [-0.25, -0.2) is 38.7 Å². The van der Waals surface area contributed by atoms with E-state index in [0.29, 0.717) is 24.5 Å². The zero-order chi connectivity index (χ0) is 29.6. The van der Waals surface area contributed by atoms with Gasteiger partial charge in [-0.2, -0.15) is 0 Å². The number of rotatable bonds is 11. The first-order chi connectivity index (χ1) is 19.7. The van der Waals surface area contributed by atoms with Crippen LogP contribution in [0.5, 0.6) is 0 Å². The molecule has 0 aromatic heterocycles. The van der Waals surface area contributed by atoms with E-state index in [1.54, 1.807) is 30.3 Å². The van der Waals surface area contributed by atoms with Crippen molar-refractivity contribution in [1.82, 2.24) is 0 Å². The first-order valence-corrected chi connectivity index (χ1v) is 12.8. The number of benzene rings is 3. The Morgan fingerprint density at radius 2 is 1.12 bits per heavy atom. The first-order valence-electron chi connectivity index (χ1n) is 12.8. The van der Waals surface area contributed by atoms with Crippen molar-refractivity contribution in [2.24, 2.45) is 5.92 Å². The second kappa shape index (κ2) is 15.7. The average Bonchev–Trinajstić information content (AvgIpc) is 2.99. The van der Waals surface area contributed by atoms with Gasteiger partial charge in [-0.15, -0.1) is 0 Å². The Labute approximate surface area is 236 Å². The molecule has 0 spiro atoms. The van der Waals surface area contributed by atoms with E-state index in [2.05, 4.69) is 19.6 Å². The van der Waals surface area contributed by atoms with Crippen molar-refractivity contribution in [3.63, 3.8) is 0 Å². The van der Waals surface area contributed by atoms with Crippen molar-refractivity contribution >= 4 is 23.9 Å². The van der Waals surface area contributed by atoms with Gasteiger partial charge in [0.1, 0.15) is 0 Å². The summed E-state index contributed by atoms with van der Waals surface area (Å²) in [5.41, 5.74) is 2.07. The molecule has 0 heterocycles. The van der Waals surface area contributed by atoms with E-state index < -0.39 is 42.0 Å². The van der Waals surface area contributed by atoms with Crippen molar-refractivity contribution in [1.29, 1.82) is 0 Å². The summed E-state index contributed by atoms with van der Waals surface area (Å²) in [4.78, 5) is 67.0. The van der Waals surface area contributed by atoms with Gasteiger partial charge >= 0.3 is 23.9 Å². The topological polar surface area (TPSA) is 146 Å². The molecule has 10 heteroatoms. The smallest absolute Gasteiger partial charge is 0.382 e. The summed E-state index contributed by atoms with van der Waals surface area (Å²) in [6.07, 6.45) is -1.92. The third kappa shape index (κ3) is 10.4. The maximum absolute atomic E-state index is 12.7. The third-order valence-corrected chi connectivity index (χ3v) is 5.91. The molecule has 41 heavy (non-hydrogen) atoms. The molecule has 10 nitrogen and oxygen atoms in total. The van der Waals surface area contributed by atoms with Crippen LogP contribution in [0.15, 0.2) is 103 Å². The van der Waals surface area contributed by atoms with Crippen molar-refractivity contribution in [3.8, 4) is 0 Å². The number of aliphatic hydroxyl groups is 2. The molecule has 3 aromatic rings. The molecule has 2 N–H and O–H groups in total. The summed E-state index contributed by atoms with van der Waals surface area (Å²) in [5, 5.41) is 20.0. The first kappa shape index (κ1) is 30.7. The standard InChI is InChI=1S/C31H30O10/c1-21(32)29(35)39-40-30(36)26(19-24-15-9-4-10-16-24)20-27(33)38-41-31(37)28(34)25(17-22-11-5-2-6-12-22)18-23-13-7-3-8-14-23/h2-16,20-21,25,28,32,34H,17-19H2,1H3/b26-20-. The summed E-state index contributed by atoms with van der Waals surface area (Å²) >= 11 is 0. The molecule has 0 aliphatic rings. The lowest BCUT2D eigenvalue weighted by molar-refractivity contribution is -0.263. The summed E-state index contributed by atoms with van der Waals surface area (Å²) in [5.74, 6) is -5.48. The molecule has 3 aromatic carbocycles. The van der Waals surface area contributed by atoms with Gasteiger partial charge in [-0.1, -0.05) is 91.0 Å². The lowest BCUT2D eigenvalue weighted by atomic mass is 9.88. The normalized spacial score (nSPS) is 12.6. The predicted molar refractivity (Wildman–Crippen MR) is 144 cm³/mol. The molecule has 2 atom stereocenters. The van der Waals surface area contributed by atoms with E-state index in [0.717, 1.165) is 18.1 Å². The van der Waals surface area contributed by atoms with Crippen molar-refractivity contribution in [2.45, 2.75) is 38.4 Å². The Kier molecular flexibility index (Phi) is 11.8. The second-order valence-electron chi connectivity index (χ2n) is 9.17. The van der Waals surface area contributed by atoms with Gasteiger partial charge in [0.15, 0.2) is 12.2 Å². The van der Waals surface area contributed by atoms with Gasteiger partial charge in [0, 0.05) is 18.4 Å². The van der Waals surface area contributed by atoms with Crippen LogP contribution in [0.2, 0.25) is 0 Å². The fourth-order valence-electron chi connectivity index (χ4n) is 3.82. The number of aliphatic hydroxyl groups excluding tert-OH is 2. The summed E-state index contributed by atoms with van der Waals surface area (Å²) in [6, 6.07) is 27.1. The zero-order valence-electron chi connectivity index (χ0n) is 22.3. The molecule has 214 valence electrons. The monoisotopic (exact) mass is 562 g/mol. The van der Waals surface area contributed by atoms with E-state index >= 15 is 0 Å². The van der Waals surface area contributed by atoms with Crippen LogP contribution in [0, 0.1) is 5.92 Å². The van der Waals surface area contributed by atoms with Crippen LogP contribution in [0.3, 0.4) is 0 Å². The molecule has 3 rings (SSSR count). The fraction of sp³-hybridized carbons (Fsp3) is 0.226. The maximum Gasteiger partial charge on any atom is 0.384 e. The number of hydrogen-bond donors (Lipinski definition) is 2. The highest BCUT2D eigenvalue weighted by atomic mass is 17.2. The van der Waals surface area contributed by atoms with Crippen LogP contribution in [0.1, 0.15) is 23.6 Å². The zero-order valence-corrected chi connectivity index (χ0v) is 22.3. The van der Waals surface area contributed by atoms with Crippen molar-refractivity contribution in [2.75, 3.05) is 0 Å². The Balaban J connectivity index is 1.68. The van der Waals surface area contributed by atoms with Crippen molar-refractivity contribution < 1.29 is 48.9 Å². The van der Waals surface area contributed by atoms with Gasteiger partial charge in [0.05, 0.1) is 5.57 Å². The highest BCUT2D eigenvalue weighted by Crippen LogP contribution is 2.20. The van der Waals surface area contributed by atoms with E-state index in [1.165, 1.54) is 0 Å². The van der Waals surface area contributed by atoms with Crippen LogP contribution in [0.4, 0.5) is 0 Å². The minimum atomic E-state index is -1.64. The Bertz CT molecular complexity index is 1280. The molecule has 0 aliphatic heterocycles. The van der Waals surface area contributed by atoms with Crippen LogP contribution in [-0.2, 0) is 58.0 Å². The molecular formula is C31H30O10. The van der Waals surface area contributed by atoms with E-state index in [4.69, 9.17) is 0 Å². The summed E-state index contributed by atoms with van der Waals surface area (Å²) < 4.78 is 0. The van der Waals surface area contributed by atoms with Crippen LogP contribution < -0.4 is 0 Å². The number of hydrogen-bond acceptors (Lipinski definition) is 10. The van der Waals surface area contributed by atoms with Gasteiger partial charge in [-0.05, 0) is 36.5 Å². The summed E-state index contributed by atoms with van der Waals surface area (Å²) in [7, 11) is 0.